The predicted octanol–water partition coefficient (Wildman–Crippen LogP) is 7.89. The molecule has 3 aromatic rings. The van der Waals surface area contributed by atoms with Crippen LogP contribution < -0.4 is 9.64 Å². The van der Waals surface area contributed by atoms with Gasteiger partial charge < -0.3 is 9.84 Å². The number of ketones is 1. The normalized spacial score (nSPS) is 17.4. The van der Waals surface area contributed by atoms with Crippen molar-refractivity contribution in [2.24, 2.45) is 0 Å². The summed E-state index contributed by atoms with van der Waals surface area (Å²) in [5.41, 5.74) is 3.00. The Kier molecular flexibility index (Phi) is 7.35. The van der Waals surface area contributed by atoms with Gasteiger partial charge in [0.25, 0.3) is 11.7 Å². The third kappa shape index (κ3) is 4.96. The number of aliphatic hydroxyl groups is 1. The lowest BCUT2D eigenvalue weighted by Crippen LogP contribution is -2.30. The van der Waals surface area contributed by atoms with Gasteiger partial charge in [-0.3, -0.25) is 14.5 Å². The summed E-state index contributed by atoms with van der Waals surface area (Å²) in [7, 11) is 1.42. The highest BCUT2D eigenvalue weighted by Gasteiger charge is 2.47. The van der Waals surface area contributed by atoms with Crippen molar-refractivity contribution in [3.63, 3.8) is 0 Å². The molecular weight excluding hydrogens is 533 g/mol. The van der Waals surface area contributed by atoms with Gasteiger partial charge in [-0.1, -0.05) is 79.8 Å². The van der Waals surface area contributed by atoms with E-state index >= 15 is 0 Å². The maximum atomic E-state index is 13.5. The molecule has 0 aromatic heterocycles. The van der Waals surface area contributed by atoms with Gasteiger partial charge in [-0.25, -0.2) is 0 Å². The first-order chi connectivity index (χ1) is 17.3. The summed E-state index contributed by atoms with van der Waals surface area (Å²) in [6, 6.07) is 14.7. The van der Waals surface area contributed by atoms with Crippen molar-refractivity contribution < 1.29 is 19.4 Å². The summed E-state index contributed by atoms with van der Waals surface area (Å²) in [4.78, 5) is 28.3. The van der Waals surface area contributed by atoms with Crippen LogP contribution in [0.2, 0.25) is 15.1 Å². The Balaban J connectivity index is 1.97. The number of rotatable bonds is 4. The number of hydrogen-bond acceptors (Lipinski definition) is 4. The second kappa shape index (κ2) is 10.1. The lowest BCUT2D eigenvalue weighted by molar-refractivity contribution is -0.132. The number of aliphatic hydroxyl groups excluding tert-OH is 1. The third-order valence-corrected chi connectivity index (χ3v) is 7.23. The van der Waals surface area contributed by atoms with Crippen molar-refractivity contribution in [3.05, 3.63) is 97.5 Å². The van der Waals surface area contributed by atoms with Crippen LogP contribution in [-0.4, -0.2) is 23.9 Å². The molecule has 0 bridgehead atoms. The molecule has 1 aliphatic rings. The molecule has 0 spiro atoms. The van der Waals surface area contributed by atoms with Crippen LogP contribution in [0.1, 0.15) is 49.1 Å². The van der Waals surface area contributed by atoms with Gasteiger partial charge in [-0.05, 0) is 59.4 Å². The van der Waals surface area contributed by atoms with Crippen LogP contribution in [0.15, 0.2) is 60.2 Å². The molecule has 1 heterocycles. The molecule has 8 heteroatoms. The predicted molar refractivity (Wildman–Crippen MR) is 149 cm³/mol. The molecule has 37 heavy (non-hydrogen) atoms. The van der Waals surface area contributed by atoms with Crippen LogP contribution >= 0.6 is 34.8 Å². The Morgan fingerprint density at radius 1 is 0.946 bits per heavy atom. The van der Waals surface area contributed by atoms with Crippen molar-refractivity contribution in [3.8, 4) is 5.75 Å². The molecule has 4 rings (SSSR count). The van der Waals surface area contributed by atoms with Crippen molar-refractivity contribution >= 4 is 57.9 Å². The van der Waals surface area contributed by atoms with Crippen LogP contribution in [0.3, 0.4) is 0 Å². The largest absolute Gasteiger partial charge is 0.507 e. The molecule has 1 fully saturated rings. The van der Waals surface area contributed by atoms with Crippen molar-refractivity contribution in [2.75, 3.05) is 12.0 Å². The van der Waals surface area contributed by atoms with Gasteiger partial charge in [0.1, 0.15) is 5.76 Å². The summed E-state index contributed by atoms with van der Waals surface area (Å²) in [6.45, 7) is 8.11. The van der Waals surface area contributed by atoms with E-state index in [2.05, 4.69) is 20.8 Å². The number of aryl methyl sites for hydroxylation is 1. The van der Waals surface area contributed by atoms with Crippen LogP contribution in [0.4, 0.5) is 5.69 Å². The van der Waals surface area contributed by atoms with E-state index < -0.39 is 17.7 Å². The summed E-state index contributed by atoms with van der Waals surface area (Å²) in [6.07, 6.45) is 0. The number of anilines is 1. The maximum absolute atomic E-state index is 13.5. The minimum absolute atomic E-state index is 0.0693. The number of ether oxygens (including phenoxy) is 1. The second-order valence-corrected chi connectivity index (χ2v) is 11.2. The summed E-state index contributed by atoms with van der Waals surface area (Å²) >= 11 is 18.8. The van der Waals surface area contributed by atoms with E-state index in [9.17, 15) is 14.7 Å². The minimum atomic E-state index is -0.895. The van der Waals surface area contributed by atoms with E-state index in [1.165, 1.54) is 24.1 Å². The lowest BCUT2D eigenvalue weighted by atomic mass is 9.85. The molecule has 1 saturated heterocycles. The standard InChI is InChI=1S/C29H26Cl3NO4/c1-15-12-19(30)10-11-22(15)33-24(16-6-8-18(9-7-16)29(2,3)4)23(26(35)28(33)36)25(34)17-13-20(31)27(37-5)21(32)14-17/h6-14,24,34H,1-5H3/b25-23+. The Hall–Kier alpha value is -2.99. The number of benzene rings is 3. The van der Waals surface area contributed by atoms with E-state index in [0.29, 0.717) is 21.8 Å². The molecule has 3 aromatic carbocycles. The lowest BCUT2D eigenvalue weighted by Gasteiger charge is -2.28. The van der Waals surface area contributed by atoms with E-state index in [4.69, 9.17) is 39.5 Å². The zero-order chi connectivity index (χ0) is 27.2. The number of nitrogens with zero attached hydrogens (tertiary/aromatic N) is 1. The Morgan fingerprint density at radius 2 is 1.54 bits per heavy atom. The third-order valence-electron chi connectivity index (χ3n) is 6.43. The molecule has 0 aliphatic carbocycles. The molecule has 1 atom stereocenters. The van der Waals surface area contributed by atoms with Gasteiger partial charge in [0.05, 0.1) is 28.8 Å². The number of carbonyl (C=O) groups excluding carboxylic acids is 2. The van der Waals surface area contributed by atoms with Crippen LogP contribution in [-0.2, 0) is 15.0 Å². The number of methoxy groups -OCH3 is 1. The van der Waals surface area contributed by atoms with Crippen molar-refractivity contribution in [1.29, 1.82) is 0 Å². The SMILES string of the molecule is COc1c(Cl)cc(/C(O)=C2\C(=O)C(=O)N(c3ccc(Cl)cc3C)C2c2ccc(C(C)(C)C)cc2)cc1Cl. The van der Waals surface area contributed by atoms with Crippen molar-refractivity contribution in [2.45, 2.75) is 39.2 Å². The zero-order valence-electron chi connectivity index (χ0n) is 21.0. The smallest absolute Gasteiger partial charge is 0.300 e. The Labute approximate surface area is 231 Å². The molecule has 1 N–H and O–H groups in total. The minimum Gasteiger partial charge on any atom is -0.507 e. The van der Waals surface area contributed by atoms with Gasteiger partial charge in [0.15, 0.2) is 5.75 Å². The number of amides is 1. The molecule has 1 aliphatic heterocycles. The molecule has 0 saturated carbocycles. The number of halogens is 3. The maximum Gasteiger partial charge on any atom is 0.300 e. The number of hydrogen-bond donors (Lipinski definition) is 1. The van der Waals surface area contributed by atoms with E-state index in [1.54, 1.807) is 18.2 Å². The van der Waals surface area contributed by atoms with E-state index in [-0.39, 0.29) is 38.1 Å². The van der Waals surface area contributed by atoms with Crippen LogP contribution in [0.5, 0.6) is 5.75 Å². The fourth-order valence-corrected chi connectivity index (χ4v) is 5.37. The summed E-state index contributed by atoms with van der Waals surface area (Å²) in [5, 5.41) is 12.2. The first-order valence-corrected chi connectivity index (χ1v) is 12.7. The Bertz CT molecular complexity index is 1420. The first kappa shape index (κ1) is 27.1. The van der Waals surface area contributed by atoms with Crippen LogP contribution in [0.25, 0.3) is 5.76 Å². The van der Waals surface area contributed by atoms with Gasteiger partial charge in [-0.15, -0.1) is 0 Å². The van der Waals surface area contributed by atoms with E-state index in [0.717, 1.165) is 5.56 Å². The quantitative estimate of drug-likeness (QED) is 0.201. The molecular formula is C29H26Cl3NO4. The van der Waals surface area contributed by atoms with Gasteiger partial charge in [-0.2, -0.15) is 0 Å². The fourth-order valence-electron chi connectivity index (χ4n) is 4.50. The van der Waals surface area contributed by atoms with Gasteiger partial charge >= 0.3 is 0 Å². The molecule has 1 amide bonds. The molecule has 192 valence electrons. The number of carbonyl (C=O) groups is 2. The molecule has 1 unspecified atom stereocenters. The second-order valence-electron chi connectivity index (χ2n) is 9.95. The van der Waals surface area contributed by atoms with Crippen LogP contribution in [0, 0.1) is 6.92 Å². The van der Waals surface area contributed by atoms with E-state index in [1.807, 2.05) is 31.2 Å². The van der Waals surface area contributed by atoms with Gasteiger partial charge in [0.2, 0.25) is 0 Å². The average molecular weight is 559 g/mol. The Morgan fingerprint density at radius 3 is 2.05 bits per heavy atom. The average Bonchev–Trinajstić information content (AvgIpc) is 3.08. The van der Waals surface area contributed by atoms with Gasteiger partial charge in [0, 0.05) is 16.3 Å². The highest BCUT2D eigenvalue weighted by Crippen LogP contribution is 2.45. The topological polar surface area (TPSA) is 66.8 Å². The first-order valence-electron chi connectivity index (χ1n) is 11.6. The highest BCUT2D eigenvalue weighted by molar-refractivity contribution is 6.52. The molecule has 5 nitrogen and oxygen atoms in total. The summed E-state index contributed by atoms with van der Waals surface area (Å²) < 4.78 is 5.20. The summed E-state index contributed by atoms with van der Waals surface area (Å²) in [5.74, 6) is -1.72. The monoisotopic (exact) mass is 557 g/mol. The fraction of sp³-hybridized carbons (Fsp3) is 0.241. The molecule has 0 radical (unpaired) electrons. The number of Topliss-reactive ketones (excluding diaryl/α,β-unsaturated/α-hetero) is 1. The van der Waals surface area contributed by atoms with Crippen molar-refractivity contribution in [1.82, 2.24) is 0 Å². The zero-order valence-corrected chi connectivity index (χ0v) is 23.3. The highest BCUT2D eigenvalue weighted by atomic mass is 35.5.